The number of hydrogen-bond donors (Lipinski definition) is 1. The van der Waals surface area contributed by atoms with Gasteiger partial charge in [-0.25, -0.2) is 4.68 Å². The van der Waals surface area contributed by atoms with Gasteiger partial charge >= 0.3 is 0 Å². The molecule has 25 heavy (non-hydrogen) atoms. The number of carbonyl (C=O) groups excluding carboxylic acids is 1. The van der Waals surface area contributed by atoms with Gasteiger partial charge in [-0.3, -0.25) is 4.79 Å². The minimum absolute atomic E-state index is 0. The van der Waals surface area contributed by atoms with Crippen molar-refractivity contribution < 1.29 is 4.79 Å². The molecule has 0 radical (unpaired) electrons. The van der Waals surface area contributed by atoms with Gasteiger partial charge in [0, 0.05) is 25.6 Å². The minimum Gasteiger partial charge on any atom is -0.341 e. The summed E-state index contributed by atoms with van der Waals surface area (Å²) in [6.45, 7) is 3.38. The quantitative estimate of drug-likeness (QED) is 0.867. The largest absolute Gasteiger partial charge is 0.341 e. The van der Waals surface area contributed by atoms with E-state index in [1.807, 2.05) is 49.2 Å². The maximum atomic E-state index is 13.1. The van der Waals surface area contributed by atoms with Gasteiger partial charge in [-0.2, -0.15) is 0 Å². The Hall–Kier alpha value is -1.99. The van der Waals surface area contributed by atoms with Crippen LogP contribution < -0.4 is 5.32 Å². The molecule has 1 fully saturated rings. The summed E-state index contributed by atoms with van der Waals surface area (Å²) in [5.41, 5.74) is 1.11. The molecule has 2 heterocycles. The maximum Gasteiger partial charge on any atom is 0.247 e. The van der Waals surface area contributed by atoms with Crippen molar-refractivity contribution in [2.75, 3.05) is 20.1 Å². The van der Waals surface area contributed by atoms with Crippen LogP contribution in [0.3, 0.4) is 0 Å². The van der Waals surface area contributed by atoms with Gasteiger partial charge in [0.2, 0.25) is 5.91 Å². The maximum absolute atomic E-state index is 13.1. The molecule has 1 unspecified atom stereocenters. The summed E-state index contributed by atoms with van der Waals surface area (Å²) in [7, 11) is 1.98. The van der Waals surface area contributed by atoms with E-state index in [0.29, 0.717) is 18.3 Å². The highest BCUT2D eigenvalue weighted by molar-refractivity contribution is 5.85. The lowest BCUT2D eigenvalue weighted by Crippen LogP contribution is -2.47. The molecule has 1 aliphatic heterocycles. The van der Waals surface area contributed by atoms with E-state index < -0.39 is 6.04 Å². The van der Waals surface area contributed by atoms with Crippen LogP contribution in [0.4, 0.5) is 0 Å². The Morgan fingerprint density at radius 1 is 1.28 bits per heavy atom. The molecule has 0 aliphatic carbocycles. The first-order chi connectivity index (χ1) is 11.7. The molecule has 2 aromatic rings. The molecule has 1 aromatic carbocycles. The van der Waals surface area contributed by atoms with E-state index in [1.165, 1.54) is 0 Å². The highest BCUT2D eigenvalue weighted by Gasteiger charge is 2.30. The van der Waals surface area contributed by atoms with Crippen LogP contribution in [0.5, 0.6) is 0 Å². The van der Waals surface area contributed by atoms with Gasteiger partial charge in [-0.1, -0.05) is 30.3 Å². The van der Waals surface area contributed by atoms with Crippen molar-refractivity contribution in [3.05, 3.63) is 41.7 Å². The second kappa shape index (κ2) is 8.92. The Bertz CT molecular complexity index is 669. The Balaban J connectivity index is 0.00000225. The van der Waals surface area contributed by atoms with Crippen molar-refractivity contribution in [2.45, 2.75) is 38.3 Å². The number of aromatic nitrogens is 4. The summed E-state index contributed by atoms with van der Waals surface area (Å²) in [4.78, 5) is 15.1. The number of halogens is 1. The summed E-state index contributed by atoms with van der Waals surface area (Å²) in [6.07, 6.45) is 2.56. The van der Waals surface area contributed by atoms with Gasteiger partial charge < -0.3 is 10.2 Å². The lowest BCUT2D eigenvalue weighted by molar-refractivity contribution is -0.136. The number of aryl methyl sites for hydroxylation is 1. The average Bonchev–Trinajstić information content (AvgIpc) is 3.06. The minimum atomic E-state index is -0.395. The Morgan fingerprint density at radius 3 is 2.52 bits per heavy atom. The first kappa shape index (κ1) is 19.3. The lowest BCUT2D eigenvalue weighted by atomic mass is 10.0. The van der Waals surface area contributed by atoms with E-state index in [4.69, 9.17) is 0 Å². The van der Waals surface area contributed by atoms with Gasteiger partial charge in [-0.15, -0.1) is 17.5 Å². The van der Waals surface area contributed by atoms with E-state index in [0.717, 1.165) is 31.5 Å². The van der Waals surface area contributed by atoms with Crippen LogP contribution in [0.2, 0.25) is 0 Å². The number of carbonyl (C=O) groups is 1. The number of nitrogens with one attached hydrogen (secondary N) is 1. The normalized spacial score (nSPS) is 16.3. The molecular weight excluding hydrogens is 340 g/mol. The number of nitrogens with zero attached hydrogens (tertiary/aromatic N) is 5. The summed E-state index contributed by atoms with van der Waals surface area (Å²) in [5.74, 6) is 0.762. The Labute approximate surface area is 154 Å². The van der Waals surface area contributed by atoms with Crippen molar-refractivity contribution in [2.24, 2.45) is 0 Å². The van der Waals surface area contributed by atoms with E-state index in [1.54, 1.807) is 4.68 Å². The molecule has 136 valence electrons. The zero-order valence-electron chi connectivity index (χ0n) is 14.6. The molecule has 3 rings (SSSR count). The van der Waals surface area contributed by atoms with Crippen LogP contribution in [-0.2, 0) is 11.2 Å². The molecule has 1 N–H and O–H groups in total. The average molecular weight is 365 g/mol. The number of benzene rings is 1. The summed E-state index contributed by atoms with van der Waals surface area (Å²) in [5, 5.41) is 15.0. The molecule has 1 aliphatic rings. The van der Waals surface area contributed by atoms with Crippen LogP contribution in [-0.4, -0.2) is 57.2 Å². The topological polar surface area (TPSA) is 75.9 Å². The fourth-order valence-corrected chi connectivity index (χ4v) is 3.24. The molecule has 7 nitrogen and oxygen atoms in total. The van der Waals surface area contributed by atoms with Crippen molar-refractivity contribution in [3.63, 3.8) is 0 Å². The number of likely N-dealkylation sites (tertiary alicyclic amines) is 1. The molecule has 0 saturated carbocycles. The van der Waals surface area contributed by atoms with Crippen LogP contribution in [0.25, 0.3) is 0 Å². The van der Waals surface area contributed by atoms with Crippen LogP contribution in [0.15, 0.2) is 30.3 Å². The second-order valence-corrected chi connectivity index (χ2v) is 6.26. The van der Waals surface area contributed by atoms with Crippen LogP contribution in [0, 0.1) is 6.92 Å². The highest BCUT2D eigenvalue weighted by atomic mass is 35.5. The smallest absolute Gasteiger partial charge is 0.247 e. The van der Waals surface area contributed by atoms with Crippen molar-refractivity contribution >= 4 is 18.3 Å². The molecule has 1 atom stereocenters. The van der Waals surface area contributed by atoms with E-state index in [9.17, 15) is 4.79 Å². The number of piperidine rings is 1. The Morgan fingerprint density at radius 2 is 1.96 bits per heavy atom. The van der Waals surface area contributed by atoms with E-state index >= 15 is 0 Å². The monoisotopic (exact) mass is 364 g/mol. The number of tetrazole rings is 1. The Kier molecular flexibility index (Phi) is 6.90. The van der Waals surface area contributed by atoms with E-state index in [-0.39, 0.29) is 18.3 Å². The molecular formula is C17H25ClN6O. The van der Waals surface area contributed by atoms with Crippen molar-refractivity contribution in [1.82, 2.24) is 30.4 Å². The first-order valence-electron chi connectivity index (χ1n) is 8.43. The van der Waals surface area contributed by atoms with E-state index in [2.05, 4.69) is 20.8 Å². The number of hydrogen-bond acceptors (Lipinski definition) is 5. The SMILES string of the molecule is CNC1CCN(C(=O)C(Cc2ccccc2)n2nnnc2C)CC1.Cl. The third kappa shape index (κ3) is 4.55. The van der Waals surface area contributed by atoms with Crippen LogP contribution in [0.1, 0.15) is 30.3 Å². The molecule has 0 bridgehead atoms. The standard InChI is InChI=1S/C17H24N6O.ClH/c1-13-19-20-21-23(13)16(12-14-6-4-3-5-7-14)17(24)22-10-8-15(18-2)9-11-22;/h3-7,15-16,18H,8-12H2,1-2H3;1H. The first-order valence-corrected chi connectivity index (χ1v) is 8.43. The van der Waals surface area contributed by atoms with Gasteiger partial charge in [-0.05, 0) is 42.8 Å². The summed E-state index contributed by atoms with van der Waals surface area (Å²) in [6, 6.07) is 10.1. The number of amides is 1. The highest BCUT2D eigenvalue weighted by Crippen LogP contribution is 2.20. The van der Waals surface area contributed by atoms with Gasteiger partial charge in [0.05, 0.1) is 0 Å². The number of rotatable bonds is 5. The summed E-state index contributed by atoms with van der Waals surface area (Å²) >= 11 is 0. The molecule has 1 saturated heterocycles. The third-order valence-corrected chi connectivity index (χ3v) is 4.72. The molecule has 1 aromatic heterocycles. The van der Waals surface area contributed by atoms with Gasteiger partial charge in [0.25, 0.3) is 0 Å². The lowest BCUT2D eigenvalue weighted by Gasteiger charge is -2.34. The van der Waals surface area contributed by atoms with Crippen molar-refractivity contribution in [3.8, 4) is 0 Å². The van der Waals surface area contributed by atoms with Crippen molar-refractivity contribution in [1.29, 1.82) is 0 Å². The fraction of sp³-hybridized carbons (Fsp3) is 0.529. The molecule has 0 spiro atoms. The zero-order chi connectivity index (χ0) is 16.9. The predicted molar refractivity (Wildman–Crippen MR) is 97.6 cm³/mol. The fourth-order valence-electron chi connectivity index (χ4n) is 3.24. The predicted octanol–water partition coefficient (Wildman–Crippen LogP) is 1.40. The summed E-state index contributed by atoms with van der Waals surface area (Å²) < 4.78 is 1.65. The van der Waals surface area contributed by atoms with Crippen LogP contribution >= 0.6 is 12.4 Å². The second-order valence-electron chi connectivity index (χ2n) is 6.26. The van der Waals surface area contributed by atoms with Gasteiger partial charge in [0.1, 0.15) is 11.9 Å². The molecule has 1 amide bonds. The molecule has 8 heteroatoms. The van der Waals surface area contributed by atoms with Gasteiger partial charge in [0.15, 0.2) is 0 Å². The zero-order valence-corrected chi connectivity index (χ0v) is 15.4. The third-order valence-electron chi connectivity index (χ3n) is 4.72.